The Kier molecular flexibility index (Phi) is 2.70. The Morgan fingerprint density at radius 2 is 2.00 bits per heavy atom. The summed E-state index contributed by atoms with van der Waals surface area (Å²) in [6, 6.07) is 13.5. The zero-order chi connectivity index (χ0) is 12.4. The molecule has 0 saturated heterocycles. The van der Waals surface area contributed by atoms with E-state index in [1.165, 1.54) is 5.56 Å². The lowest BCUT2D eigenvalue weighted by molar-refractivity contribution is 0.459. The Labute approximate surface area is 106 Å². The summed E-state index contributed by atoms with van der Waals surface area (Å²) in [4.78, 5) is 4.47. The van der Waals surface area contributed by atoms with Crippen LogP contribution in [-0.2, 0) is 12.8 Å². The number of para-hydroxylation sites is 1. The quantitative estimate of drug-likeness (QED) is 0.804. The van der Waals surface area contributed by atoms with Crippen LogP contribution in [0.15, 0.2) is 36.4 Å². The second-order valence-electron chi connectivity index (χ2n) is 4.33. The third kappa shape index (κ3) is 1.93. The van der Waals surface area contributed by atoms with E-state index in [0.717, 1.165) is 25.0 Å². The Morgan fingerprint density at radius 3 is 2.78 bits per heavy atom. The predicted molar refractivity (Wildman–Crippen MR) is 67.5 cm³/mol. The van der Waals surface area contributed by atoms with Crippen LogP contribution >= 0.6 is 0 Å². The summed E-state index contributed by atoms with van der Waals surface area (Å²) in [7, 11) is 0. The fraction of sp³-hybridized carbons (Fsp3) is 0.200. The molecule has 3 nitrogen and oxygen atoms in total. The van der Waals surface area contributed by atoms with E-state index in [1.807, 2.05) is 36.4 Å². The molecule has 88 valence electrons. The Balaban J connectivity index is 1.99. The van der Waals surface area contributed by atoms with Crippen LogP contribution in [0.4, 0.5) is 0 Å². The van der Waals surface area contributed by atoms with E-state index in [4.69, 9.17) is 10.00 Å². The molecule has 1 aromatic carbocycles. The number of fused-ring (bicyclic) bond motifs is 1. The van der Waals surface area contributed by atoms with Crippen LogP contribution in [-0.4, -0.2) is 4.98 Å². The topological polar surface area (TPSA) is 45.9 Å². The number of benzene rings is 1. The van der Waals surface area contributed by atoms with Crippen LogP contribution in [0, 0.1) is 11.3 Å². The summed E-state index contributed by atoms with van der Waals surface area (Å²) in [6.45, 7) is 0. The van der Waals surface area contributed by atoms with Gasteiger partial charge in [0.15, 0.2) is 0 Å². The number of hydrogen-bond acceptors (Lipinski definition) is 3. The molecule has 1 aromatic heterocycles. The van der Waals surface area contributed by atoms with Gasteiger partial charge in [-0.25, -0.2) is 4.98 Å². The average molecular weight is 236 g/mol. The van der Waals surface area contributed by atoms with Crippen molar-refractivity contribution in [3.8, 4) is 17.7 Å². The van der Waals surface area contributed by atoms with Gasteiger partial charge in [0.2, 0.25) is 5.88 Å². The molecule has 3 heteroatoms. The molecule has 18 heavy (non-hydrogen) atoms. The third-order valence-electron chi connectivity index (χ3n) is 3.09. The fourth-order valence-corrected chi connectivity index (χ4v) is 2.21. The second-order valence-corrected chi connectivity index (χ2v) is 4.33. The predicted octanol–water partition coefficient (Wildman–Crippen LogP) is 3.23. The molecular weight excluding hydrogens is 224 g/mol. The van der Waals surface area contributed by atoms with Crippen LogP contribution in [0.5, 0.6) is 11.6 Å². The molecule has 0 radical (unpaired) electrons. The van der Waals surface area contributed by atoms with Crippen LogP contribution < -0.4 is 4.74 Å². The van der Waals surface area contributed by atoms with Gasteiger partial charge in [-0.3, -0.25) is 0 Å². The third-order valence-corrected chi connectivity index (χ3v) is 3.09. The molecule has 3 rings (SSSR count). The summed E-state index contributed by atoms with van der Waals surface area (Å²) in [5.74, 6) is 1.13. The number of aromatic nitrogens is 1. The van der Waals surface area contributed by atoms with Crippen molar-refractivity contribution in [3.05, 3.63) is 53.2 Å². The van der Waals surface area contributed by atoms with Gasteiger partial charge >= 0.3 is 0 Å². The van der Waals surface area contributed by atoms with Crippen molar-refractivity contribution < 1.29 is 4.74 Å². The molecule has 1 aliphatic rings. The Hall–Kier alpha value is -2.34. The molecule has 0 bridgehead atoms. The van der Waals surface area contributed by atoms with Crippen molar-refractivity contribution >= 4 is 0 Å². The molecule has 0 unspecified atom stereocenters. The van der Waals surface area contributed by atoms with Gasteiger partial charge in [0.25, 0.3) is 0 Å². The van der Waals surface area contributed by atoms with Crippen LogP contribution in [0.3, 0.4) is 0 Å². The lowest BCUT2D eigenvalue weighted by atomic mass is 10.1. The number of rotatable bonds is 2. The smallest absolute Gasteiger partial charge is 0.237 e. The minimum Gasteiger partial charge on any atom is -0.438 e. The van der Waals surface area contributed by atoms with E-state index in [2.05, 4.69) is 11.1 Å². The maximum absolute atomic E-state index is 9.16. The number of aryl methyl sites for hydroxylation is 2. The highest BCUT2D eigenvalue weighted by Crippen LogP contribution is 2.28. The van der Waals surface area contributed by atoms with Crippen molar-refractivity contribution in [1.29, 1.82) is 5.26 Å². The van der Waals surface area contributed by atoms with Gasteiger partial charge in [0.05, 0.1) is 0 Å². The number of nitrogens with zero attached hydrogens (tertiary/aromatic N) is 2. The Bertz CT molecular complexity index is 614. The van der Waals surface area contributed by atoms with Crippen molar-refractivity contribution in [2.75, 3.05) is 0 Å². The summed E-state index contributed by atoms with van der Waals surface area (Å²) >= 11 is 0. The zero-order valence-corrected chi connectivity index (χ0v) is 9.89. The van der Waals surface area contributed by atoms with Crippen molar-refractivity contribution in [1.82, 2.24) is 4.98 Å². The van der Waals surface area contributed by atoms with E-state index in [-0.39, 0.29) is 0 Å². The highest BCUT2D eigenvalue weighted by molar-refractivity contribution is 5.45. The highest BCUT2D eigenvalue weighted by Gasteiger charge is 2.17. The van der Waals surface area contributed by atoms with E-state index < -0.39 is 0 Å². The average Bonchev–Trinajstić information content (AvgIpc) is 2.86. The first kappa shape index (κ1) is 10.8. The van der Waals surface area contributed by atoms with E-state index in [0.29, 0.717) is 17.2 Å². The molecule has 0 fully saturated rings. The first-order valence-electron chi connectivity index (χ1n) is 6.02. The number of pyridine rings is 1. The zero-order valence-electron chi connectivity index (χ0n) is 9.89. The van der Waals surface area contributed by atoms with Gasteiger partial charge in [-0.1, -0.05) is 18.2 Å². The normalized spacial score (nSPS) is 12.8. The lowest BCUT2D eigenvalue weighted by Crippen LogP contribution is -1.97. The molecule has 0 amide bonds. The lowest BCUT2D eigenvalue weighted by Gasteiger charge is -2.08. The van der Waals surface area contributed by atoms with Gasteiger partial charge in [0, 0.05) is 5.69 Å². The molecule has 0 saturated carbocycles. The van der Waals surface area contributed by atoms with E-state index in [9.17, 15) is 0 Å². The number of ether oxygens (including phenoxy) is 1. The maximum atomic E-state index is 9.16. The van der Waals surface area contributed by atoms with Gasteiger partial charge in [-0.05, 0) is 43.0 Å². The minimum atomic E-state index is 0.421. The summed E-state index contributed by atoms with van der Waals surface area (Å²) in [5.41, 5.74) is 2.77. The second kappa shape index (κ2) is 4.50. The van der Waals surface area contributed by atoms with Crippen LogP contribution in [0.25, 0.3) is 0 Å². The van der Waals surface area contributed by atoms with Crippen molar-refractivity contribution in [3.63, 3.8) is 0 Å². The van der Waals surface area contributed by atoms with Gasteiger partial charge in [0.1, 0.15) is 17.4 Å². The van der Waals surface area contributed by atoms with Gasteiger partial charge in [-0.2, -0.15) is 5.26 Å². The molecule has 1 aliphatic carbocycles. The fourth-order valence-electron chi connectivity index (χ4n) is 2.21. The summed E-state index contributed by atoms with van der Waals surface area (Å²) < 4.78 is 5.69. The molecular formula is C15H12N2O. The number of nitriles is 1. The highest BCUT2D eigenvalue weighted by atomic mass is 16.5. The summed E-state index contributed by atoms with van der Waals surface area (Å²) in [5, 5.41) is 9.16. The van der Waals surface area contributed by atoms with Crippen molar-refractivity contribution in [2.45, 2.75) is 19.3 Å². The molecule has 0 spiro atoms. The number of hydrogen-bond donors (Lipinski definition) is 0. The minimum absolute atomic E-state index is 0.421. The molecule has 0 aliphatic heterocycles. The monoisotopic (exact) mass is 236 g/mol. The molecule has 0 atom stereocenters. The van der Waals surface area contributed by atoms with Crippen LogP contribution in [0.1, 0.15) is 23.2 Å². The first-order chi connectivity index (χ1) is 8.86. The van der Waals surface area contributed by atoms with Crippen LogP contribution in [0.2, 0.25) is 0 Å². The van der Waals surface area contributed by atoms with Gasteiger partial charge < -0.3 is 4.74 Å². The largest absolute Gasteiger partial charge is 0.438 e. The Morgan fingerprint density at radius 1 is 1.17 bits per heavy atom. The first-order valence-corrected chi connectivity index (χ1v) is 6.02. The van der Waals surface area contributed by atoms with Gasteiger partial charge in [-0.15, -0.1) is 0 Å². The van der Waals surface area contributed by atoms with Crippen molar-refractivity contribution in [2.24, 2.45) is 0 Å². The standard InChI is InChI=1S/C15H12N2O/c16-10-12-9-11-5-4-8-14(11)17-15(12)18-13-6-2-1-3-7-13/h1-3,6-7,9H,4-5,8H2. The summed E-state index contributed by atoms with van der Waals surface area (Å²) in [6.07, 6.45) is 3.11. The molecule has 2 aromatic rings. The molecule has 0 N–H and O–H groups in total. The van der Waals surface area contributed by atoms with E-state index in [1.54, 1.807) is 0 Å². The maximum Gasteiger partial charge on any atom is 0.237 e. The molecule has 1 heterocycles. The van der Waals surface area contributed by atoms with E-state index >= 15 is 0 Å². The SMILES string of the molecule is N#Cc1cc2c(nc1Oc1ccccc1)CCC2.